The van der Waals surface area contributed by atoms with Crippen LogP contribution in [0.4, 0.5) is 5.69 Å². The Labute approximate surface area is 182 Å². The zero-order valence-electron chi connectivity index (χ0n) is 17.2. The van der Waals surface area contributed by atoms with Crippen LogP contribution in [-0.2, 0) is 14.8 Å². The monoisotopic (exact) mass is 446 g/mol. The number of hydrogen-bond donors (Lipinski definition) is 0. The number of para-hydroxylation sites is 1. The number of morpholine rings is 1. The standard InChI is InChI=1S/C22H26N2O4S2/c1-16-14-23(15-17(2)28-16)30(26,27)19-8-5-7-18(13-19)22(25)24-11-6-12-29-21-10-4-3-9-20(21)24/h3-5,7-10,13,16-17H,6,11-12,14-15H2,1-2H3. The Morgan fingerprint density at radius 2 is 1.80 bits per heavy atom. The molecule has 2 aromatic rings. The van der Waals surface area contributed by atoms with Crippen LogP contribution in [0.2, 0.25) is 0 Å². The highest BCUT2D eigenvalue weighted by Crippen LogP contribution is 2.34. The molecule has 6 nitrogen and oxygen atoms in total. The molecule has 30 heavy (non-hydrogen) atoms. The molecule has 8 heteroatoms. The van der Waals surface area contributed by atoms with Gasteiger partial charge >= 0.3 is 0 Å². The zero-order chi connectivity index (χ0) is 21.3. The Bertz CT molecular complexity index is 1030. The van der Waals surface area contributed by atoms with Gasteiger partial charge in [0.05, 0.1) is 22.8 Å². The van der Waals surface area contributed by atoms with Crippen molar-refractivity contribution < 1.29 is 17.9 Å². The second kappa shape index (κ2) is 8.70. The van der Waals surface area contributed by atoms with E-state index in [1.165, 1.54) is 10.4 Å². The third-order valence-electron chi connectivity index (χ3n) is 5.29. The maximum atomic E-state index is 13.4. The fourth-order valence-electron chi connectivity index (χ4n) is 3.96. The Morgan fingerprint density at radius 3 is 2.57 bits per heavy atom. The number of carbonyl (C=O) groups excluding carboxylic acids is 1. The number of nitrogens with zero attached hydrogens (tertiary/aromatic N) is 2. The molecule has 0 saturated carbocycles. The first kappa shape index (κ1) is 21.4. The number of hydrogen-bond acceptors (Lipinski definition) is 5. The summed E-state index contributed by atoms with van der Waals surface area (Å²) in [6.07, 6.45) is 0.547. The van der Waals surface area contributed by atoms with Gasteiger partial charge in [-0.3, -0.25) is 4.79 Å². The van der Waals surface area contributed by atoms with Crippen LogP contribution >= 0.6 is 11.8 Å². The molecule has 0 aliphatic carbocycles. The van der Waals surface area contributed by atoms with Crippen molar-refractivity contribution in [2.75, 3.05) is 30.3 Å². The smallest absolute Gasteiger partial charge is 0.258 e. The van der Waals surface area contributed by atoms with E-state index in [4.69, 9.17) is 4.74 Å². The zero-order valence-corrected chi connectivity index (χ0v) is 18.8. The summed E-state index contributed by atoms with van der Waals surface area (Å²) >= 11 is 1.74. The van der Waals surface area contributed by atoms with Gasteiger partial charge < -0.3 is 9.64 Å². The molecule has 160 valence electrons. The van der Waals surface area contributed by atoms with Gasteiger partial charge in [0.15, 0.2) is 0 Å². The molecular formula is C22H26N2O4S2. The molecule has 0 spiro atoms. The maximum absolute atomic E-state index is 13.4. The Kier molecular flexibility index (Phi) is 6.20. The number of carbonyl (C=O) groups is 1. The summed E-state index contributed by atoms with van der Waals surface area (Å²) in [6, 6.07) is 14.3. The summed E-state index contributed by atoms with van der Waals surface area (Å²) in [5.41, 5.74) is 1.27. The summed E-state index contributed by atoms with van der Waals surface area (Å²) in [6.45, 7) is 4.96. The quantitative estimate of drug-likeness (QED) is 0.720. The Morgan fingerprint density at radius 1 is 1.07 bits per heavy atom. The predicted molar refractivity (Wildman–Crippen MR) is 119 cm³/mol. The van der Waals surface area contributed by atoms with E-state index in [1.54, 1.807) is 34.9 Å². The van der Waals surface area contributed by atoms with Crippen LogP contribution in [0.3, 0.4) is 0 Å². The normalized spacial score (nSPS) is 22.9. The molecule has 2 heterocycles. The minimum Gasteiger partial charge on any atom is -0.373 e. The first-order chi connectivity index (χ1) is 14.4. The topological polar surface area (TPSA) is 66.9 Å². The van der Waals surface area contributed by atoms with Crippen LogP contribution in [0.5, 0.6) is 0 Å². The van der Waals surface area contributed by atoms with Crippen LogP contribution in [0.15, 0.2) is 58.3 Å². The fourth-order valence-corrected chi connectivity index (χ4v) is 6.59. The summed E-state index contributed by atoms with van der Waals surface area (Å²) in [5, 5.41) is 0. The number of ether oxygens (including phenoxy) is 1. The van der Waals surface area contributed by atoms with E-state index in [0.29, 0.717) is 25.2 Å². The number of benzene rings is 2. The summed E-state index contributed by atoms with van der Waals surface area (Å²) in [5.74, 6) is 0.772. The summed E-state index contributed by atoms with van der Waals surface area (Å²) in [4.78, 5) is 16.3. The molecule has 1 amide bonds. The molecular weight excluding hydrogens is 420 g/mol. The van der Waals surface area contributed by atoms with E-state index in [-0.39, 0.29) is 23.0 Å². The molecule has 0 bridgehead atoms. The third kappa shape index (κ3) is 4.27. The number of rotatable bonds is 3. The summed E-state index contributed by atoms with van der Waals surface area (Å²) < 4.78 is 33.6. The van der Waals surface area contributed by atoms with Crippen molar-refractivity contribution >= 4 is 33.4 Å². The van der Waals surface area contributed by atoms with Gasteiger partial charge in [-0.1, -0.05) is 18.2 Å². The van der Waals surface area contributed by atoms with Crippen molar-refractivity contribution in [3.63, 3.8) is 0 Å². The molecule has 0 aromatic heterocycles. The van der Waals surface area contributed by atoms with Crippen molar-refractivity contribution in [2.45, 2.75) is 42.3 Å². The van der Waals surface area contributed by atoms with E-state index < -0.39 is 10.0 Å². The second-order valence-corrected chi connectivity index (χ2v) is 10.8. The van der Waals surface area contributed by atoms with Gasteiger partial charge in [0.1, 0.15) is 0 Å². The van der Waals surface area contributed by atoms with Crippen LogP contribution in [0.25, 0.3) is 0 Å². The molecule has 0 N–H and O–H groups in total. The third-order valence-corrected chi connectivity index (χ3v) is 8.27. The van der Waals surface area contributed by atoms with Gasteiger partial charge in [0.25, 0.3) is 5.91 Å². The lowest BCUT2D eigenvalue weighted by Crippen LogP contribution is -2.48. The van der Waals surface area contributed by atoms with Crippen LogP contribution in [0.1, 0.15) is 30.6 Å². The van der Waals surface area contributed by atoms with Crippen LogP contribution < -0.4 is 4.90 Å². The van der Waals surface area contributed by atoms with Crippen molar-refractivity contribution in [3.05, 3.63) is 54.1 Å². The van der Waals surface area contributed by atoms with E-state index in [9.17, 15) is 13.2 Å². The van der Waals surface area contributed by atoms with Gasteiger partial charge in [-0.2, -0.15) is 4.31 Å². The molecule has 0 radical (unpaired) electrons. The van der Waals surface area contributed by atoms with Crippen LogP contribution in [-0.4, -0.2) is 56.2 Å². The van der Waals surface area contributed by atoms with Gasteiger partial charge in [-0.15, -0.1) is 11.8 Å². The van der Waals surface area contributed by atoms with Crippen molar-refractivity contribution in [2.24, 2.45) is 0 Å². The van der Waals surface area contributed by atoms with E-state index in [0.717, 1.165) is 22.8 Å². The number of sulfonamides is 1. The maximum Gasteiger partial charge on any atom is 0.258 e. The van der Waals surface area contributed by atoms with Gasteiger partial charge in [0.2, 0.25) is 10.0 Å². The average Bonchev–Trinajstić information content (AvgIpc) is 2.95. The lowest BCUT2D eigenvalue weighted by Gasteiger charge is -2.34. The fraction of sp³-hybridized carbons (Fsp3) is 0.409. The minimum atomic E-state index is -3.70. The van der Waals surface area contributed by atoms with Crippen molar-refractivity contribution in [3.8, 4) is 0 Å². The molecule has 2 unspecified atom stereocenters. The lowest BCUT2D eigenvalue weighted by atomic mass is 10.1. The minimum absolute atomic E-state index is 0.145. The first-order valence-corrected chi connectivity index (χ1v) is 12.6. The highest BCUT2D eigenvalue weighted by molar-refractivity contribution is 7.99. The Hall–Kier alpha value is -1.87. The lowest BCUT2D eigenvalue weighted by molar-refractivity contribution is -0.0440. The number of thioether (sulfide) groups is 1. The Balaban J connectivity index is 1.64. The SMILES string of the molecule is CC1CN(S(=O)(=O)c2cccc(C(=O)N3CCCSc4ccccc43)c2)CC(C)O1. The van der Waals surface area contributed by atoms with Crippen molar-refractivity contribution in [1.29, 1.82) is 0 Å². The average molecular weight is 447 g/mol. The largest absolute Gasteiger partial charge is 0.373 e. The molecule has 4 rings (SSSR count). The van der Waals surface area contributed by atoms with Gasteiger partial charge in [-0.05, 0) is 56.4 Å². The van der Waals surface area contributed by atoms with E-state index >= 15 is 0 Å². The molecule has 1 fully saturated rings. The molecule has 2 aliphatic rings. The first-order valence-electron chi connectivity index (χ1n) is 10.2. The number of amides is 1. The number of anilines is 1. The molecule has 1 saturated heterocycles. The van der Waals surface area contributed by atoms with E-state index in [1.807, 2.05) is 38.1 Å². The highest BCUT2D eigenvalue weighted by atomic mass is 32.2. The van der Waals surface area contributed by atoms with Crippen LogP contribution in [0, 0.1) is 0 Å². The van der Waals surface area contributed by atoms with E-state index in [2.05, 4.69) is 0 Å². The second-order valence-electron chi connectivity index (χ2n) is 7.73. The highest BCUT2D eigenvalue weighted by Gasteiger charge is 2.33. The molecule has 2 atom stereocenters. The summed E-state index contributed by atoms with van der Waals surface area (Å²) in [7, 11) is -3.70. The van der Waals surface area contributed by atoms with Gasteiger partial charge in [-0.25, -0.2) is 8.42 Å². The molecule has 2 aliphatic heterocycles. The van der Waals surface area contributed by atoms with Crippen molar-refractivity contribution in [1.82, 2.24) is 4.31 Å². The molecule has 2 aromatic carbocycles. The van der Waals surface area contributed by atoms with Gasteiger partial charge in [0, 0.05) is 30.1 Å². The number of fused-ring (bicyclic) bond motifs is 1. The predicted octanol–water partition coefficient (Wildman–Crippen LogP) is 3.63.